The van der Waals surface area contributed by atoms with E-state index in [1.807, 2.05) is 24.3 Å². The third kappa shape index (κ3) is 6.17. The Balaban J connectivity index is 2.53. The van der Waals surface area contributed by atoms with Crippen molar-refractivity contribution in [1.82, 2.24) is 5.32 Å². The van der Waals surface area contributed by atoms with E-state index in [0.717, 1.165) is 31.5 Å². The van der Waals surface area contributed by atoms with E-state index < -0.39 is 0 Å². The summed E-state index contributed by atoms with van der Waals surface area (Å²) in [6.07, 6.45) is 4.26. The van der Waals surface area contributed by atoms with E-state index in [9.17, 15) is 4.79 Å². The van der Waals surface area contributed by atoms with Gasteiger partial charge in [0.1, 0.15) is 0 Å². The highest BCUT2D eigenvalue weighted by molar-refractivity contribution is 5.94. The minimum absolute atomic E-state index is 0.00446. The van der Waals surface area contributed by atoms with Crippen molar-refractivity contribution in [3.63, 3.8) is 0 Å². The van der Waals surface area contributed by atoms with Gasteiger partial charge < -0.3 is 16.0 Å². The molecule has 0 bridgehead atoms. The quantitative estimate of drug-likeness (QED) is 0.652. The predicted octanol–water partition coefficient (Wildman–Crippen LogP) is 2.78. The number of amides is 1. The van der Waals surface area contributed by atoms with Gasteiger partial charge in [-0.3, -0.25) is 4.79 Å². The maximum absolute atomic E-state index is 12.0. The summed E-state index contributed by atoms with van der Waals surface area (Å²) < 4.78 is 0. The molecule has 1 amide bonds. The van der Waals surface area contributed by atoms with Crippen LogP contribution in [-0.4, -0.2) is 32.1 Å². The lowest BCUT2D eigenvalue weighted by atomic mass is 10.1. The van der Waals surface area contributed by atoms with E-state index in [0.29, 0.717) is 13.1 Å². The lowest BCUT2D eigenvalue weighted by molar-refractivity contribution is 0.0953. The van der Waals surface area contributed by atoms with Gasteiger partial charge in [0.2, 0.25) is 0 Å². The molecule has 4 nitrogen and oxygen atoms in total. The largest absolute Gasteiger partial charge is 0.372 e. The maximum Gasteiger partial charge on any atom is 0.251 e. The van der Waals surface area contributed by atoms with E-state index in [-0.39, 0.29) is 5.91 Å². The fourth-order valence-corrected chi connectivity index (χ4v) is 2.22. The molecule has 0 spiro atoms. The van der Waals surface area contributed by atoms with Gasteiger partial charge in [-0.15, -0.1) is 0 Å². The first-order valence-electron chi connectivity index (χ1n) is 8.06. The molecule has 0 unspecified atom stereocenters. The van der Waals surface area contributed by atoms with Crippen LogP contribution in [0.15, 0.2) is 24.3 Å². The standard InChI is InChI=1S/C17H29N3O/c1-3-5-14-20(4-2)16-10-8-15(9-11-16)17(21)19-13-7-6-12-18/h8-11H,3-7,12-14,18H2,1-2H3,(H,19,21). The molecule has 1 rings (SSSR count). The Morgan fingerprint density at radius 3 is 2.43 bits per heavy atom. The molecule has 1 aromatic rings. The second-order valence-corrected chi connectivity index (χ2v) is 5.23. The van der Waals surface area contributed by atoms with Crippen LogP contribution in [0.5, 0.6) is 0 Å². The van der Waals surface area contributed by atoms with Gasteiger partial charge >= 0.3 is 0 Å². The van der Waals surface area contributed by atoms with E-state index in [2.05, 4.69) is 24.1 Å². The van der Waals surface area contributed by atoms with Crippen molar-refractivity contribution in [2.75, 3.05) is 31.1 Å². The zero-order valence-electron chi connectivity index (χ0n) is 13.4. The molecule has 0 aromatic heterocycles. The lowest BCUT2D eigenvalue weighted by Crippen LogP contribution is -2.26. The topological polar surface area (TPSA) is 58.4 Å². The Bertz CT molecular complexity index is 403. The summed E-state index contributed by atoms with van der Waals surface area (Å²) >= 11 is 0. The first kappa shape index (κ1) is 17.5. The molecule has 0 saturated heterocycles. The van der Waals surface area contributed by atoms with E-state index in [1.165, 1.54) is 18.5 Å². The monoisotopic (exact) mass is 291 g/mol. The number of nitrogens with zero attached hydrogens (tertiary/aromatic N) is 1. The minimum atomic E-state index is -0.00446. The molecule has 0 aliphatic carbocycles. The summed E-state index contributed by atoms with van der Waals surface area (Å²) in [5.41, 5.74) is 7.34. The van der Waals surface area contributed by atoms with Gasteiger partial charge in [0.15, 0.2) is 0 Å². The lowest BCUT2D eigenvalue weighted by Gasteiger charge is -2.23. The average molecular weight is 291 g/mol. The predicted molar refractivity (Wildman–Crippen MR) is 89.9 cm³/mol. The van der Waals surface area contributed by atoms with Gasteiger partial charge in [0, 0.05) is 30.9 Å². The molecule has 0 aliphatic heterocycles. The first-order chi connectivity index (χ1) is 10.2. The van der Waals surface area contributed by atoms with Crippen molar-refractivity contribution >= 4 is 11.6 Å². The smallest absolute Gasteiger partial charge is 0.251 e. The second kappa shape index (κ2) is 10.2. The second-order valence-electron chi connectivity index (χ2n) is 5.23. The normalized spacial score (nSPS) is 10.4. The molecule has 1 aromatic carbocycles. The van der Waals surface area contributed by atoms with Crippen molar-refractivity contribution in [1.29, 1.82) is 0 Å². The van der Waals surface area contributed by atoms with Crippen LogP contribution in [0.2, 0.25) is 0 Å². The van der Waals surface area contributed by atoms with Crippen LogP contribution in [0, 0.1) is 0 Å². The highest BCUT2D eigenvalue weighted by atomic mass is 16.1. The Morgan fingerprint density at radius 2 is 1.86 bits per heavy atom. The molecule has 21 heavy (non-hydrogen) atoms. The first-order valence-corrected chi connectivity index (χ1v) is 8.06. The summed E-state index contributed by atoms with van der Waals surface area (Å²) in [5, 5.41) is 2.92. The minimum Gasteiger partial charge on any atom is -0.372 e. The van der Waals surface area contributed by atoms with Crippen LogP contribution in [0.3, 0.4) is 0 Å². The van der Waals surface area contributed by atoms with Crippen molar-refractivity contribution in [2.24, 2.45) is 5.73 Å². The van der Waals surface area contributed by atoms with E-state index in [4.69, 9.17) is 5.73 Å². The van der Waals surface area contributed by atoms with Crippen molar-refractivity contribution < 1.29 is 4.79 Å². The highest BCUT2D eigenvalue weighted by Crippen LogP contribution is 2.16. The summed E-state index contributed by atoms with van der Waals surface area (Å²) in [5.74, 6) is -0.00446. The number of hydrogen-bond acceptors (Lipinski definition) is 3. The van der Waals surface area contributed by atoms with Gasteiger partial charge in [-0.25, -0.2) is 0 Å². The van der Waals surface area contributed by atoms with Gasteiger partial charge in [0.05, 0.1) is 0 Å². The van der Waals surface area contributed by atoms with Crippen LogP contribution in [0.1, 0.15) is 49.9 Å². The van der Waals surface area contributed by atoms with E-state index in [1.54, 1.807) is 0 Å². The number of carbonyl (C=O) groups excluding carboxylic acids is 1. The molecular formula is C17H29N3O. The number of hydrogen-bond donors (Lipinski definition) is 2. The van der Waals surface area contributed by atoms with Gasteiger partial charge in [-0.1, -0.05) is 13.3 Å². The Labute approximate surface area is 128 Å². The van der Waals surface area contributed by atoms with Crippen LogP contribution < -0.4 is 16.0 Å². The van der Waals surface area contributed by atoms with Crippen LogP contribution in [0.25, 0.3) is 0 Å². The van der Waals surface area contributed by atoms with E-state index >= 15 is 0 Å². The molecule has 0 atom stereocenters. The highest BCUT2D eigenvalue weighted by Gasteiger charge is 2.07. The fourth-order valence-electron chi connectivity index (χ4n) is 2.22. The maximum atomic E-state index is 12.0. The van der Waals surface area contributed by atoms with Crippen LogP contribution in [-0.2, 0) is 0 Å². The number of anilines is 1. The van der Waals surface area contributed by atoms with Gasteiger partial charge in [-0.2, -0.15) is 0 Å². The van der Waals surface area contributed by atoms with Crippen molar-refractivity contribution in [3.8, 4) is 0 Å². The number of nitrogens with two attached hydrogens (primary N) is 1. The van der Waals surface area contributed by atoms with Crippen molar-refractivity contribution in [2.45, 2.75) is 39.5 Å². The number of benzene rings is 1. The van der Waals surface area contributed by atoms with Crippen molar-refractivity contribution in [3.05, 3.63) is 29.8 Å². The third-order valence-corrected chi connectivity index (χ3v) is 3.57. The number of carbonyl (C=O) groups is 1. The molecule has 0 fully saturated rings. The number of nitrogens with one attached hydrogen (secondary N) is 1. The Kier molecular flexibility index (Phi) is 8.51. The van der Waals surface area contributed by atoms with Crippen LogP contribution >= 0.6 is 0 Å². The third-order valence-electron chi connectivity index (χ3n) is 3.57. The van der Waals surface area contributed by atoms with Crippen LogP contribution in [0.4, 0.5) is 5.69 Å². The molecular weight excluding hydrogens is 262 g/mol. The summed E-state index contributed by atoms with van der Waals surface area (Å²) in [7, 11) is 0. The molecule has 0 radical (unpaired) electrons. The Hall–Kier alpha value is -1.55. The fraction of sp³-hybridized carbons (Fsp3) is 0.588. The molecule has 4 heteroatoms. The molecule has 0 heterocycles. The Morgan fingerprint density at radius 1 is 1.14 bits per heavy atom. The van der Waals surface area contributed by atoms with Gasteiger partial charge in [0.25, 0.3) is 5.91 Å². The van der Waals surface area contributed by atoms with Gasteiger partial charge in [-0.05, 0) is 57.0 Å². The summed E-state index contributed by atoms with van der Waals surface area (Å²) in [6.45, 7) is 7.78. The molecule has 0 aliphatic rings. The zero-order chi connectivity index (χ0) is 15.5. The average Bonchev–Trinajstić information content (AvgIpc) is 2.52. The number of unbranched alkanes of at least 4 members (excludes halogenated alkanes) is 2. The molecule has 3 N–H and O–H groups in total. The number of rotatable bonds is 10. The molecule has 0 saturated carbocycles. The SMILES string of the molecule is CCCCN(CC)c1ccc(C(=O)NCCCCN)cc1. The molecule has 118 valence electrons. The summed E-state index contributed by atoms with van der Waals surface area (Å²) in [4.78, 5) is 14.3. The summed E-state index contributed by atoms with van der Waals surface area (Å²) in [6, 6.07) is 7.88. The zero-order valence-corrected chi connectivity index (χ0v) is 13.4.